The number of aliphatic hydroxyl groups is 1. The zero-order chi connectivity index (χ0) is 10.6. The quantitative estimate of drug-likeness (QED) is 0.612. The Kier molecular flexibility index (Phi) is 3.62. The number of primary amides is 1. The lowest BCUT2D eigenvalue weighted by Crippen LogP contribution is -2.15. The zero-order valence-corrected chi connectivity index (χ0v) is 7.86. The minimum atomic E-state index is -0.403. The average molecular weight is 194 g/mol. The highest BCUT2D eigenvalue weighted by molar-refractivity contribution is 5.77. The Labute approximate surface area is 82.5 Å². The molecule has 1 amide bonds. The molecule has 4 heteroatoms. The highest BCUT2D eigenvalue weighted by atomic mass is 16.3. The highest BCUT2D eigenvalue weighted by Gasteiger charge is 2.05. The predicted molar refractivity (Wildman–Crippen MR) is 53.2 cm³/mol. The van der Waals surface area contributed by atoms with Crippen LogP contribution in [0.2, 0.25) is 0 Å². The van der Waals surface area contributed by atoms with Crippen LogP contribution in [0.3, 0.4) is 0 Å². The molecule has 0 aliphatic heterocycles. The van der Waals surface area contributed by atoms with Crippen molar-refractivity contribution in [3.63, 3.8) is 0 Å². The molecule has 4 nitrogen and oxygen atoms in total. The van der Waals surface area contributed by atoms with Crippen molar-refractivity contribution in [3.05, 3.63) is 34.9 Å². The smallest absolute Gasteiger partial charge is 0.221 e. The first kappa shape index (κ1) is 10.7. The van der Waals surface area contributed by atoms with Crippen molar-refractivity contribution >= 4 is 5.91 Å². The molecule has 0 fully saturated rings. The summed E-state index contributed by atoms with van der Waals surface area (Å²) in [5, 5.41) is 9.06. The van der Waals surface area contributed by atoms with E-state index in [1.165, 1.54) is 0 Å². The number of rotatable bonds is 4. The van der Waals surface area contributed by atoms with Gasteiger partial charge in [-0.05, 0) is 16.7 Å². The topological polar surface area (TPSA) is 89.3 Å². The van der Waals surface area contributed by atoms with Gasteiger partial charge in [0.2, 0.25) is 5.91 Å². The molecule has 0 saturated carbocycles. The molecule has 1 aromatic carbocycles. The normalized spacial score (nSPS) is 10.1. The molecule has 0 aromatic heterocycles. The lowest BCUT2D eigenvalue weighted by atomic mass is 10.0. The fraction of sp³-hybridized carbons (Fsp3) is 0.300. The third kappa shape index (κ3) is 2.55. The number of amides is 1. The second-order valence-corrected chi connectivity index (χ2v) is 3.11. The molecule has 5 N–H and O–H groups in total. The van der Waals surface area contributed by atoms with E-state index in [1.54, 1.807) is 12.1 Å². The lowest BCUT2D eigenvalue weighted by Gasteiger charge is -2.07. The van der Waals surface area contributed by atoms with E-state index >= 15 is 0 Å². The van der Waals surface area contributed by atoms with E-state index in [-0.39, 0.29) is 13.0 Å². The summed E-state index contributed by atoms with van der Waals surface area (Å²) in [5.41, 5.74) is 12.9. The Morgan fingerprint density at radius 3 is 2.57 bits per heavy atom. The number of carbonyl (C=O) groups is 1. The van der Waals surface area contributed by atoms with E-state index in [9.17, 15) is 4.79 Å². The van der Waals surface area contributed by atoms with Crippen LogP contribution in [-0.2, 0) is 24.4 Å². The summed E-state index contributed by atoms with van der Waals surface area (Å²) < 4.78 is 0. The Morgan fingerprint density at radius 2 is 2.07 bits per heavy atom. The van der Waals surface area contributed by atoms with E-state index < -0.39 is 5.91 Å². The Morgan fingerprint density at radius 1 is 1.36 bits per heavy atom. The zero-order valence-electron chi connectivity index (χ0n) is 7.86. The van der Waals surface area contributed by atoms with Crippen molar-refractivity contribution in [3.8, 4) is 0 Å². The summed E-state index contributed by atoms with van der Waals surface area (Å²) in [6, 6.07) is 5.40. The molecule has 0 aliphatic rings. The standard InChI is InChI=1S/C10H14N2O2/c11-5-7-1-2-8(4-10(12)14)9(3-7)6-13/h1-3,13H,4-6,11H2,(H2,12,14). The van der Waals surface area contributed by atoms with Crippen LogP contribution in [0.1, 0.15) is 16.7 Å². The molecule has 0 heterocycles. The summed E-state index contributed by atoms with van der Waals surface area (Å²) in [5.74, 6) is -0.403. The first-order valence-corrected chi connectivity index (χ1v) is 4.37. The van der Waals surface area contributed by atoms with Crippen LogP contribution in [0.5, 0.6) is 0 Å². The van der Waals surface area contributed by atoms with Gasteiger partial charge in [0.15, 0.2) is 0 Å². The number of carbonyl (C=O) groups excluding carboxylic acids is 1. The van der Waals surface area contributed by atoms with Gasteiger partial charge in [0, 0.05) is 6.54 Å². The van der Waals surface area contributed by atoms with E-state index in [4.69, 9.17) is 16.6 Å². The molecule has 0 atom stereocenters. The molecule has 0 spiro atoms. The average Bonchev–Trinajstić information content (AvgIpc) is 2.17. The molecule has 0 aliphatic carbocycles. The van der Waals surface area contributed by atoms with Crippen molar-refractivity contribution in [1.82, 2.24) is 0 Å². The van der Waals surface area contributed by atoms with E-state index in [0.29, 0.717) is 12.1 Å². The van der Waals surface area contributed by atoms with Crippen LogP contribution in [-0.4, -0.2) is 11.0 Å². The van der Waals surface area contributed by atoms with Crippen molar-refractivity contribution in [1.29, 1.82) is 0 Å². The predicted octanol–water partition coefficient (Wildman–Crippen LogP) is -0.335. The molecule has 0 unspecified atom stereocenters. The van der Waals surface area contributed by atoms with Crippen molar-refractivity contribution < 1.29 is 9.90 Å². The van der Waals surface area contributed by atoms with Crippen molar-refractivity contribution in [2.45, 2.75) is 19.6 Å². The molecule has 76 valence electrons. The maximum Gasteiger partial charge on any atom is 0.221 e. The Balaban J connectivity index is 2.98. The van der Waals surface area contributed by atoms with Gasteiger partial charge in [0.1, 0.15) is 0 Å². The van der Waals surface area contributed by atoms with Gasteiger partial charge < -0.3 is 16.6 Å². The SMILES string of the molecule is NCc1ccc(CC(N)=O)c(CO)c1. The summed E-state index contributed by atoms with van der Waals surface area (Å²) in [6.07, 6.45) is 0.154. The molecular weight excluding hydrogens is 180 g/mol. The minimum Gasteiger partial charge on any atom is -0.392 e. The number of benzene rings is 1. The van der Waals surface area contributed by atoms with Gasteiger partial charge in [-0.15, -0.1) is 0 Å². The Hall–Kier alpha value is -1.39. The fourth-order valence-corrected chi connectivity index (χ4v) is 1.31. The van der Waals surface area contributed by atoms with Gasteiger partial charge >= 0.3 is 0 Å². The summed E-state index contributed by atoms with van der Waals surface area (Å²) in [6.45, 7) is 0.320. The summed E-state index contributed by atoms with van der Waals surface area (Å²) in [4.78, 5) is 10.7. The maximum absolute atomic E-state index is 10.7. The molecule has 1 aromatic rings. The van der Waals surface area contributed by atoms with Crippen molar-refractivity contribution in [2.24, 2.45) is 11.5 Å². The van der Waals surface area contributed by atoms with Crippen LogP contribution < -0.4 is 11.5 Å². The maximum atomic E-state index is 10.7. The van der Waals surface area contributed by atoms with Gasteiger partial charge in [0.25, 0.3) is 0 Å². The van der Waals surface area contributed by atoms with Crippen LogP contribution in [0, 0.1) is 0 Å². The lowest BCUT2D eigenvalue weighted by molar-refractivity contribution is -0.117. The summed E-state index contributed by atoms with van der Waals surface area (Å²) in [7, 11) is 0. The van der Waals surface area contributed by atoms with Gasteiger partial charge in [-0.2, -0.15) is 0 Å². The molecule has 0 saturated heterocycles. The first-order chi connectivity index (χ1) is 6.67. The monoisotopic (exact) mass is 194 g/mol. The molecule has 0 radical (unpaired) electrons. The van der Waals surface area contributed by atoms with Gasteiger partial charge in [-0.1, -0.05) is 18.2 Å². The highest BCUT2D eigenvalue weighted by Crippen LogP contribution is 2.12. The van der Waals surface area contributed by atoms with Gasteiger partial charge in [-0.25, -0.2) is 0 Å². The third-order valence-electron chi connectivity index (χ3n) is 2.04. The number of aliphatic hydroxyl groups excluding tert-OH is 1. The summed E-state index contributed by atoms with van der Waals surface area (Å²) >= 11 is 0. The van der Waals surface area contributed by atoms with Crippen molar-refractivity contribution in [2.75, 3.05) is 0 Å². The van der Waals surface area contributed by atoms with Crippen LogP contribution in [0.4, 0.5) is 0 Å². The molecule has 0 bridgehead atoms. The minimum absolute atomic E-state index is 0.101. The molecular formula is C10H14N2O2. The number of hydrogen-bond donors (Lipinski definition) is 3. The first-order valence-electron chi connectivity index (χ1n) is 4.37. The number of hydrogen-bond acceptors (Lipinski definition) is 3. The molecule has 1 rings (SSSR count). The second-order valence-electron chi connectivity index (χ2n) is 3.11. The van der Waals surface area contributed by atoms with E-state index in [0.717, 1.165) is 11.1 Å². The van der Waals surface area contributed by atoms with Gasteiger partial charge in [0.05, 0.1) is 13.0 Å². The number of nitrogens with two attached hydrogens (primary N) is 2. The largest absolute Gasteiger partial charge is 0.392 e. The Bertz CT molecular complexity index is 337. The van der Waals surface area contributed by atoms with Crippen LogP contribution in [0.15, 0.2) is 18.2 Å². The molecule has 14 heavy (non-hydrogen) atoms. The van der Waals surface area contributed by atoms with Gasteiger partial charge in [-0.3, -0.25) is 4.79 Å². The second kappa shape index (κ2) is 4.74. The third-order valence-corrected chi connectivity index (χ3v) is 2.04. The van der Waals surface area contributed by atoms with Crippen LogP contribution in [0.25, 0.3) is 0 Å². The fourth-order valence-electron chi connectivity index (χ4n) is 1.31. The van der Waals surface area contributed by atoms with E-state index in [2.05, 4.69) is 0 Å². The van der Waals surface area contributed by atoms with E-state index in [1.807, 2.05) is 6.07 Å². The van der Waals surface area contributed by atoms with Crippen LogP contribution >= 0.6 is 0 Å².